The van der Waals surface area contributed by atoms with Gasteiger partial charge in [-0.3, -0.25) is 4.98 Å². The van der Waals surface area contributed by atoms with Gasteiger partial charge in [-0.05, 0) is 36.4 Å². The maximum Gasteiger partial charge on any atom is 0.306 e. The third-order valence-corrected chi connectivity index (χ3v) is 4.12. The summed E-state index contributed by atoms with van der Waals surface area (Å²) in [6.07, 6.45) is 4.82. The molecule has 27 heavy (non-hydrogen) atoms. The van der Waals surface area contributed by atoms with Crippen molar-refractivity contribution in [2.24, 2.45) is 0 Å². The fourth-order valence-electron chi connectivity index (χ4n) is 2.82. The predicted molar refractivity (Wildman–Crippen MR) is 99.9 cm³/mol. The molecule has 0 spiro atoms. The Morgan fingerprint density at radius 3 is 2.70 bits per heavy atom. The van der Waals surface area contributed by atoms with Crippen LogP contribution in [0.1, 0.15) is 5.69 Å². The highest BCUT2D eigenvalue weighted by atomic mass is 19.3. The van der Waals surface area contributed by atoms with E-state index in [0.717, 1.165) is 5.69 Å². The number of hydrogen-bond donors (Lipinski definition) is 2. The number of aromatic nitrogens is 4. The van der Waals surface area contributed by atoms with Crippen molar-refractivity contribution in [3.8, 4) is 5.69 Å². The zero-order valence-corrected chi connectivity index (χ0v) is 14.2. The lowest BCUT2D eigenvalue weighted by molar-refractivity contribution is 0.00603. The fourth-order valence-corrected chi connectivity index (χ4v) is 2.82. The van der Waals surface area contributed by atoms with Gasteiger partial charge in [0.15, 0.2) is 0 Å². The summed E-state index contributed by atoms with van der Waals surface area (Å²) in [4.78, 5) is 8.05. The molecule has 0 amide bonds. The first-order chi connectivity index (χ1) is 13.0. The van der Waals surface area contributed by atoms with Crippen molar-refractivity contribution in [2.75, 3.05) is 17.6 Å². The average molecular weight is 366 g/mol. The van der Waals surface area contributed by atoms with Gasteiger partial charge < -0.3 is 11.1 Å². The van der Waals surface area contributed by atoms with Crippen LogP contribution in [0.3, 0.4) is 0 Å². The first kappa shape index (κ1) is 16.9. The van der Waals surface area contributed by atoms with Gasteiger partial charge in [-0.25, -0.2) is 9.67 Å². The number of nitrogens with one attached hydrogen (secondary N) is 1. The third kappa shape index (κ3) is 3.41. The smallest absolute Gasteiger partial charge is 0.306 e. The van der Waals surface area contributed by atoms with Gasteiger partial charge in [0.05, 0.1) is 17.7 Å². The monoisotopic (exact) mass is 366 g/mol. The molecule has 3 N–H and O–H groups in total. The van der Waals surface area contributed by atoms with Crippen LogP contribution < -0.4 is 11.1 Å². The molecule has 0 unspecified atom stereocenters. The molecule has 0 aliphatic heterocycles. The first-order valence-electron chi connectivity index (χ1n) is 8.26. The number of nitrogen functional groups attached to an aromatic ring is 1. The number of benzene rings is 1. The number of halogens is 2. The Morgan fingerprint density at radius 2 is 1.96 bits per heavy atom. The van der Waals surface area contributed by atoms with Crippen LogP contribution in [-0.2, 0) is 5.92 Å². The maximum absolute atomic E-state index is 14.4. The van der Waals surface area contributed by atoms with Crippen LogP contribution in [0, 0.1) is 0 Å². The third-order valence-electron chi connectivity index (χ3n) is 4.12. The second-order valence-electron chi connectivity index (χ2n) is 6.02. The van der Waals surface area contributed by atoms with Gasteiger partial charge in [-0.2, -0.15) is 13.9 Å². The second kappa shape index (κ2) is 6.64. The molecule has 8 heteroatoms. The van der Waals surface area contributed by atoms with Gasteiger partial charge in [-0.1, -0.05) is 6.07 Å². The van der Waals surface area contributed by atoms with E-state index in [1.165, 1.54) is 18.3 Å². The molecule has 4 aromatic rings. The van der Waals surface area contributed by atoms with Crippen molar-refractivity contribution >= 4 is 22.4 Å². The van der Waals surface area contributed by atoms with Gasteiger partial charge >= 0.3 is 5.92 Å². The summed E-state index contributed by atoms with van der Waals surface area (Å²) in [5, 5.41) is 7.66. The second-order valence-corrected chi connectivity index (χ2v) is 6.02. The number of fused-ring (bicyclic) bond motifs is 1. The summed E-state index contributed by atoms with van der Waals surface area (Å²) in [7, 11) is 0. The number of pyridine rings is 2. The fraction of sp³-hybridized carbons (Fsp3) is 0.105. The van der Waals surface area contributed by atoms with Crippen molar-refractivity contribution in [3.63, 3.8) is 0 Å². The van der Waals surface area contributed by atoms with E-state index in [2.05, 4.69) is 20.4 Å². The van der Waals surface area contributed by atoms with Gasteiger partial charge in [0.25, 0.3) is 0 Å². The van der Waals surface area contributed by atoms with Crippen molar-refractivity contribution in [3.05, 3.63) is 72.8 Å². The van der Waals surface area contributed by atoms with Gasteiger partial charge in [-0.15, -0.1) is 0 Å². The summed E-state index contributed by atoms with van der Waals surface area (Å²) in [5.74, 6) is -2.88. The minimum Gasteiger partial charge on any atom is -0.384 e. The molecule has 6 nitrogen and oxygen atoms in total. The lowest BCUT2D eigenvalue weighted by atomic mass is 10.1. The van der Waals surface area contributed by atoms with E-state index in [4.69, 9.17) is 5.73 Å². The summed E-state index contributed by atoms with van der Waals surface area (Å²) in [6.45, 7) is -0.608. The molecule has 0 aliphatic carbocycles. The van der Waals surface area contributed by atoms with Crippen molar-refractivity contribution in [1.82, 2.24) is 19.7 Å². The molecule has 3 heterocycles. The molecule has 0 saturated carbocycles. The highest BCUT2D eigenvalue weighted by Crippen LogP contribution is 2.30. The number of anilines is 2. The van der Waals surface area contributed by atoms with Crippen LogP contribution in [0.2, 0.25) is 0 Å². The summed E-state index contributed by atoms with van der Waals surface area (Å²) in [6, 6.07) is 13.2. The van der Waals surface area contributed by atoms with Crippen LogP contribution >= 0.6 is 0 Å². The quantitative estimate of drug-likeness (QED) is 0.564. The zero-order chi connectivity index (χ0) is 18.9. The van der Waals surface area contributed by atoms with Crippen molar-refractivity contribution in [1.29, 1.82) is 0 Å². The topological polar surface area (TPSA) is 81.6 Å². The molecule has 0 fully saturated rings. The van der Waals surface area contributed by atoms with Crippen molar-refractivity contribution < 1.29 is 8.78 Å². The number of alkyl halides is 2. The van der Waals surface area contributed by atoms with E-state index in [0.29, 0.717) is 16.6 Å². The van der Waals surface area contributed by atoms with Gasteiger partial charge in [0.1, 0.15) is 11.5 Å². The predicted octanol–water partition coefficient (Wildman–Crippen LogP) is 3.60. The van der Waals surface area contributed by atoms with E-state index < -0.39 is 12.5 Å². The van der Waals surface area contributed by atoms with Crippen LogP contribution in [0.5, 0.6) is 0 Å². The molecule has 136 valence electrons. The number of rotatable bonds is 5. The molecule has 0 bridgehead atoms. The minimum atomic E-state index is -3.12. The molecule has 4 rings (SSSR count). The molecule has 0 atom stereocenters. The van der Waals surface area contributed by atoms with E-state index in [1.807, 2.05) is 12.1 Å². The standard InChI is InChI=1S/C19H16F2N6/c20-19(21,17-4-1-2-7-23-17)12-24-15-11-18(22)26-16-10-13(5-6-14(15)16)27-9-3-8-25-27/h1-11H,12H2,(H3,22,24,26). The molecule has 0 radical (unpaired) electrons. The van der Waals surface area contributed by atoms with Crippen LogP contribution in [0.15, 0.2) is 67.1 Å². The Kier molecular flexibility index (Phi) is 4.15. The van der Waals surface area contributed by atoms with E-state index in [9.17, 15) is 8.78 Å². The van der Waals surface area contributed by atoms with E-state index in [-0.39, 0.29) is 11.5 Å². The Bertz CT molecular complexity index is 1060. The van der Waals surface area contributed by atoms with E-state index >= 15 is 0 Å². The Balaban J connectivity index is 1.65. The molecular weight excluding hydrogens is 350 g/mol. The van der Waals surface area contributed by atoms with E-state index in [1.54, 1.807) is 41.3 Å². The van der Waals surface area contributed by atoms with Crippen molar-refractivity contribution in [2.45, 2.75) is 5.92 Å². The average Bonchev–Trinajstić information content (AvgIpc) is 3.21. The van der Waals surface area contributed by atoms with Gasteiger partial charge in [0, 0.05) is 35.7 Å². The van der Waals surface area contributed by atoms with Crippen LogP contribution in [-0.4, -0.2) is 26.3 Å². The Hall–Kier alpha value is -3.55. The van der Waals surface area contributed by atoms with Crippen LogP contribution in [0.4, 0.5) is 20.3 Å². The summed E-state index contributed by atoms with van der Waals surface area (Å²) in [5.41, 5.74) is 7.46. The maximum atomic E-state index is 14.4. The Labute approximate surface area is 153 Å². The summed E-state index contributed by atoms with van der Waals surface area (Å²) < 4.78 is 30.5. The highest BCUT2D eigenvalue weighted by molar-refractivity contribution is 5.94. The largest absolute Gasteiger partial charge is 0.384 e. The lowest BCUT2D eigenvalue weighted by Gasteiger charge is -2.18. The minimum absolute atomic E-state index is 0.240. The van der Waals surface area contributed by atoms with Gasteiger partial charge in [0.2, 0.25) is 0 Å². The summed E-state index contributed by atoms with van der Waals surface area (Å²) >= 11 is 0. The molecule has 0 saturated heterocycles. The normalized spacial score (nSPS) is 11.6. The highest BCUT2D eigenvalue weighted by Gasteiger charge is 2.32. The number of nitrogens with zero attached hydrogens (tertiary/aromatic N) is 4. The molecule has 1 aromatic carbocycles. The first-order valence-corrected chi connectivity index (χ1v) is 8.26. The SMILES string of the molecule is Nc1cc(NCC(F)(F)c2ccccn2)c2ccc(-n3cccn3)cc2n1. The Morgan fingerprint density at radius 1 is 1.07 bits per heavy atom. The number of hydrogen-bond acceptors (Lipinski definition) is 5. The molecular formula is C19H16F2N6. The lowest BCUT2D eigenvalue weighted by Crippen LogP contribution is -2.26. The zero-order valence-electron chi connectivity index (χ0n) is 14.2. The molecule has 3 aromatic heterocycles. The number of nitrogens with two attached hydrogens (primary N) is 1. The van der Waals surface area contributed by atoms with Crippen LogP contribution in [0.25, 0.3) is 16.6 Å². The molecule has 0 aliphatic rings.